The van der Waals surface area contributed by atoms with Gasteiger partial charge in [0.1, 0.15) is 5.75 Å². The fourth-order valence-electron chi connectivity index (χ4n) is 1.91. The first-order valence-corrected chi connectivity index (χ1v) is 6.96. The van der Waals surface area contributed by atoms with E-state index < -0.39 is 0 Å². The topological polar surface area (TPSA) is 58.8 Å². The van der Waals surface area contributed by atoms with E-state index in [1.54, 1.807) is 25.1 Å². The summed E-state index contributed by atoms with van der Waals surface area (Å²) in [7, 11) is 3.52. The van der Waals surface area contributed by atoms with Gasteiger partial charge in [0.2, 0.25) is 5.91 Å². The minimum absolute atomic E-state index is 0.0684. The minimum atomic E-state index is 0.0684. The van der Waals surface area contributed by atoms with E-state index in [-0.39, 0.29) is 5.91 Å². The van der Waals surface area contributed by atoms with Gasteiger partial charge in [-0.3, -0.25) is 4.79 Å². The Bertz CT molecular complexity index is 447. The van der Waals surface area contributed by atoms with Crippen LogP contribution < -0.4 is 15.4 Å². The zero-order chi connectivity index (χ0) is 15.1. The van der Waals surface area contributed by atoms with Crippen molar-refractivity contribution in [3.8, 4) is 5.75 Å². The quantitative estimate of drug-likeness (QED) is 0.775. The lowest BCUT2D eigenvalue weighted by Crippen LogP contribution is -2.37. The highest BCUT2D eigenvalue weighted by molar-refractivity contribution is 5.81. The predicted molar refractivity (Wildman–Crippen MR) is 83.2 cm³/mol. The van der Waals surface area contributed by atoms with E-state index in [1.807, 2.05) is 24.0 Å². The number of amides is 1. The summed E-state index contributed by atoms with van der Waals surface area (Å²) in [6.45, 7) is 5.75. The van der Waals surface area contributed by atoms with Gasteiger partial charge < -0.3 is 20.3 Å². The maximum Gasteiger partial charge on any atom is 0.241 e. The molecule has 0 fully saturated rings. The molecule has 0 saturated carbocycles. The molecule has 0 saturated heterocycles. The first-order chi connectivity index (χ1) is 9.47. The van der Waals surface area contributed by atoms with E-state index in [1.165, 1.54) is 0 Å². The Labute approximate surface area is 121 Å². The van der Waals surface area contributed by atoms with Gasteiger partial charge in [0.25, 0.3) is 0 Å². The lowest BCUT2D eigenvalue weighted by Gasteiger charge is -2.26. The highest BCUT2D eigenvalue weighted by Gasteiger charge is 2.13. The van der Waals surface area contributed by atoms with Crippen LogP contribution in [0, 0.1) is 0 Å². The molecular weight excluding hydrogens is 254 g/mol. The van der Waals surface area contributed by atoms with Crippen LogP contribution in [-0.4, -0.2) is 44.6 Å². The summed E-state index contributed by atoms with van der Waals surface area (Å²) in [5.74, 6) is 0.805. The van der Waals surface area contributed by atoms with Crippen LogP contribution >= 0.6 is 0 Å². The van der Waals surface area contributed by atoms with E-state index in [4.69, 9.17) is 10.5 Å². The van der Waals surface area contributed by atoms with Gasteiger partial charge in [0.15, 0.2) is 0 Å². The second kappa shape index (κ2) is 7.62. The van der Waals surface area contributed by atoms with Crippen LogP contribution in [0.5, 0.6) is 5.75 Å². The summed E-state index contributed by atoms with van der Waals surface area (Å²) in [4.78, 5) is 15.5. The molecule has 1 aromatic carbocycles. The molecule has 0 aromatic heterocycles. The largest absolute Gasteiger partial charge is 0.494 e. The van der Waals surface area contributed by atoms with Crippen LogP contribution in [0.2, 0.25) is 0 Å². The summed E-state index contributed by atoms with van der Waals surface area (Å²) >= 11 is 0. The van der Waals surface area contributed by atoms with Crippen molar-refractivity contribution in [2.24, 2.45) is 0 Å². The smallest absolute Gasteiger partial charge is 0.241 e. The first kappa shape index (κ1) is 16.1. The zero-order valence-electron chi connectivity index (χ0n) is 12.8. The Balaban J connectivity index is 2.98. The van der Waals surface area contributed by atoms with Gasteiger partial charge in [0.05, 0.1) is 13.2 Å². The summed E-state index contributed by atoms with van der Waals surface area (Å²) in [6, 6.07) is 5.60. The maximum absolute atomic E-state index is 11.9. The second-order valence-electron chi connectivity index (χ2n) is 4.90. The molecule has 0 radical (unpaired) electrons. The van der Waals surface area contributed by atoms with Crippen LogP contribution in [-0.2, 0) is 4.79 Å². The second-order valence-corrected chi connectivity index (χ2v) is 4.90. The molecule has 0 unspecified atom stereocenters. The third-order valence-corrected chi connectivity index (χ3v) is 2.91. The molecule has 0 aliphatic rings. The van der Waals surface area contributed by atoms with Crippen LogP contribution in [0.4, 0.5) is 11.4 Å². The Kier molecular flexibility index (Phi) is 6.15. The Hall–Kier alpha value is -1.91. The van der Waals surface area contributed by atoms with Crippen molar-refractivity contribution in [2.45, 2.75) is 20.3 Å². The van der Waals surface area contributed by atoms with Crippen molar-refractivity contribution >= 4 is 17.3 Å². The Morgan fingerprint density at radius 3 is 2.50 bits per heavy atom. The van der Waals surface area contributed by atoms with E-state index >= 15 is 0 Å². The number of nitrogens with zero attached hydrogens (tertiary/aromatic N) is 2. The van der Waals surface area contributed by atoms with E-state index in [0.717, 1.165) is 24.4 Å². The van der Waals surface area contributed by atoms with E-state index in [9.17, 15) is 4.79 Å². The average molecular weight is 279 g/mol. The number of anilines is 2. The van der Waals surface area contributed by atoms with E-state index in [2.05, 4.69) is 6.92 Å². The third kappa shape index (κ3) is 4.64. The van der Waals surface area contributed by atoms with Gasteiger partial charge in [-0.1, -0.05) is 6.92 Å². The summed E-state index contributed by atoms with van der Waals surface area (Å²) < 4.78 is 5.51. The van der Waals surface area contributed by atoms with Crippen LogP contribution in [0.3, 0.4) is 0 Å². The molecule has 0 heterocycles. The summed E-state index contributed by atoms with van der Waals surface area (Å²) in [5, 5.41) is 0. The standard InChI is InChI=1S/C15H25N3O2/c1-5-7-18(11-15(19)17(3)4)13-8-12(16)9-14(10-13)20-6-2/h8-10H,5-7,11,16H2,1-4H3. The Morgan fingerprint density at radius 1 is 1.25 bits per heavy atom. The molecular formula is C15H25N3O2. The molecule has 1 rings (SSSR count). The number of likely N-dealkylation sites (N-methyl/N-ethyl adjacent to an activating group) is 1. The highest BCUT2D eigenvalue weighted by Crippen LogP contribution is 2.26. The van der Waals surface area contributed by atoms with Crippen molar-refractivity contribution < 1.29 is 9.53 Å². The monoisotopic (exact) mass is 279 g/mol. The molecule has 0 bridgehead atoms. The van der Waals surface area contributed by atoms with E-state index in [0.29, 0.717) is 18.8 Å². The number of carbonyl (C=O) groups excluding carboxylic acids is 1. The molecule has 5 nitrogen and oxygen atoms in total. The number of carbonyl (C=O) groups is 1. The fraction of sp³-hybridized carbons (Fsp3) is 0.533. The number of ether oxygens (including phenoxy) is 1. The van der Waals surface area contributed by atoms with Crippen LogP contribution in [0.25, 0.3) is 0 Å². The lowest BCUT2D eigenvalue weighted by molar-refractivity contribution is -0.127. The molecule has 0 aliphatic carbocycles. The van der Waals surface area contributed by atoms with Gasteiger partial charge in [-0.15, -0.1) is 0 Å². The number of nitrogens with two attached hydrogens (primary N) is 1. The number of rotatable bonds is 7. The van der Waals surface area contributed by atoms with Crippen LogP contribution in [0.1, 0.15) is 20.3 Å². The molecule has 0 spiro atoms. The van der Waals surface area contributed by atoms with Gasteiger partial charge in [-0.25, -0.2) is 0 Å². The Morgan fingerprint density at radius 2 is 1.95 bits per heavy atom. The van der Waals surface area contributed by atoms with Crippen molar-refractivity contribution in [2.75, 3.05) is 44.4 Å². The SMILES string of the molecule is CCCN(CC(=O)N(C)C)c1cc(N)cc(OCC)c1. The van der Waals surface area contributed by atoms with Gasteiger partial charge in [-0.05, 0) is 19.4 Å². The molecule has 20 heavy (non-hydrogen) atoms. The molecule has 1 amide bonds. The third-order valence-electron chi connectivity index (χ3n) is 2.91. The van der Waals surface area contributed by atoms with Crippen molar-refractivity contribution in [1.29, 1.82) is 0 Å². The molecule has 0 atom stereocenters. The molecule has 0 aliphatic heterocycles. The van der Waals surface area contributed by atoms with Crippen molar-refractivity contribution in [1.82, 2.24) is 4.90 Å². The predicted octanol–water partition coefficient (Wildman–Crippen LogP) is 1.97. The molecule has 1 aromatic rings. The van der Waals surface area contributed by atoms with Gasteiger partial charge >= 0.3 is 0 Å². The minimum Gasteiger partial charge on any atom is -0.494 e. The average Bonchev–Trinajstić information content (AvgIpc) is 2.37. The molecule has 5 heteroatoms. The highest BCUT2D eigenvalue weighted by atomic mass is 16.5. The number of hydrogen-bond acceptors (Lipinski definition) is 4. The first-order valence-electron chi connectivity index (χ1n) is 6.96. The fourth-order valence-corrected chi connectivity index (χ4v) is 1.91. The number of hydrogen-bond donors (Lipinski definition) is 1. The zero-order valence-corrected chi connectivity index (χ0v) is 12.8. The lowest BCUT2D eigenvalue weighted by atomic mass is 10.2. The van der Waals surface area contributed by atoms with Crippen molar-refractivity contribution in [3.05, 3.63) is 18.2 Å². The molecule has 2 N–H and O–H groups in total. The van der Waals surface area contributed by atoms with Gasteiger partial charge in [-0.2, -0.15) is 0 Å². The van der Waals surface area contributed by atoms with Crippen molar-refractivity contribution in [3.63, 3.8) is 0 Å². The summed E-state index contributed by atoms with van der Waals surface area (Å²) in [6.07, 6.45) is 0.958. The molecule has 112 valence electrons. The van der Waals surface area contributed by atoms with Crippen LogP contribution in [0.15, 0.2) is 18.2 Å². The summed E-state index contributed by atoms with van der Waals surface area (Å²) in [5.41, 5.74) is 7.48. The number of benzene rings is 1. The normalized spacial score (nSPS) is 10.2. The maximum atomic E-state index is 11.9. The van der Waals surface area contributed by atoms with Gasteiger partial charge in [0, 0.05) is 44.1 Å². The number of nitrogen functional groups attached to an aromatic ring is 1.